The summed E-state index contributed by atoms with van der Waals surface area (Å²) in [6.45, 7) is 1.25. The van der Waals surface area contributed by atoms with Crippen molar-refractivity contribution in [2.45, 2.75) is 28.8 Å². The number of nitrogens with two attached hydrogens (primary N) is 1. The highest BCUT2D eigenvalue weighted by molar-refractivity contribution is 7.99. The second kappa shape index (κ2) is 11.1. The Balaban J connectivity index is 1.90. The average Bonchev–Trinajstić information content (AvgIpc) is 2.88. The predicted octanol–water partition coefficient (Wildman–Crippen LogP) is 3.86. The first-order valence-corrected chi connectivity index (χ1v) is 13.4. The number of amides is 2. The van der Waals surface area contributed by atoms with Crippen LogP contribution in [0.2, 0.25) is 0 Å². The van der Waals surface area contributed by atoms with Crippen molar-refractivity contribution in [2.24, 2.45) is 5.73 Å². The van der Waals surface area contributed by atoms with Crippen molar-refractivity contribution in [3.63, 3.8) is 0 Å². The number of anilines is 1. The molecule has 1 aliphatic rings. The Bertz CT molecular complexity index is 890. The summed E-state index contributed by atoms with van der Waals surface area (Å²) in [5.41, 5.74) is 7.72. The number of carbonyl (C=O) groups is 2. The molecule has 0 spiro atoms. The maximum Gasteiger partial charge on any atom is 0.248 e. The summed E-state index contributed by atoms with van der Waals surface area (Å²) in [6.07, 6.45) is 5.15. The van der Waals surface area contributed by atoms with E-state index < -0.39 is 5.91 Å². The van der Waals surface area contributed by atoms with Gasteiger partial charge in [0.1, 0.15) is 0 Å². The molecule has 2 aromatic carbocycles. The molecule has 5 nitrogen and oxygen atoms in total. The lowest BCUT2D eigenvalue weighted by atomic mass is 10.1. The number of carbonyl (C=O) groups excluding carboxylic acids is 2. The van der Waals surface area contributed by atoms with Crippen molar-refractivity contribution >= 4 is 52.8 Å². The largest absolute Gasteiger partial charge is 0.366 e. The number of hydrogen-bond donors (Lipinski definition) is 2. The third kappa shape index (κ3) is 5.75. The van der Waals surface area contributed by atoms with Gasteiger partial charge < -0.3 is 16.0 Å². The van der Waals surface area contributed by atoms with Gasteiger partial charge in [-0.3, -0.25) is 9.59 Å². The zero-order valence-electron chi connectivity index (χ0n) is 17.2. The highest BCUT2D eigenvalue weighted by Gasteiger charge is 2.31. The number of nitrogens with zero attached hydrogens (tertiary/aromatic N) is 1. The third-order valence-electron chi connectivity index (χ3n) is 4.92. The van der Waals surface area contributed by atoms with Crippen LogP contribution in [0, 0.1) is 0 Å². The molecule has 0 bridgehead atoms. The van der Waals surface area contributed by atoms with E-state index in [2.05, 4.69) is 35.8 Å². The van der Waals surface area contributed by atoms with Crippen molar-refractivity contribution in [1.82, 2.24) is 5.32 Å². The van der Waals surface area contributed by atoms with Crippen LogP contribution in [0.5, 0.6) is 0 Å². The van der Waals surface area contributed by atoms with E-state index in [4.69, 9.17) is 5.73 Å². The molecule has 30 heavy (non-hydrogen) atoms. The average molecular weight is 462 g/mol. The highest BCUT2D eigenvalue weighted by Crippen LogP contribution is 2.36. The summed E-state index contributed by atoms with van der Waals surface area (Å²) >= 11 is 5.13. The predicted molar refractivity (Wildman–Crippen MR) is 130 cm³/mol. The molecule has 2 aromatic rings. The number of nitrogens with one attached hydrogen (secondary N) is 1. The lowest BCUT2D eigenvalue weighted by Crippen LogP contribution is -2.47. The molecule has 3 rings (SSSR count). The van der Waals surface area contributed by atoms with Crippen molar-refractivity contribution in [3.8, 4) is 0 Å². The van der Waals surface area contributed by atoms with Crippen LogP contribution in [-0.2, 0) is 11.3 Å². The molecule has 0 aromatic heterocycles. The van der Waals surface area contributed by atoms with Gasteiger partial charge >= 0.3 is 0 Å². The van der Waals surface area contributed by atoms with Crippen LogP contribution in [0.15, 0.2) is 52.3 Å². The van der Waals surface area contributed by atoms with Gasteiger partial charge in [-0.25, -0.2) is 0 Å². The Hall–Kier alpha value is -1.61. The third-order valence-corrected chi connectivity index (χ3v) is 7.52. The SMILES string of the molecule is CSCCCN[C@H]1CSc2ccc(C(N)=O)cc2N(Cc2ccc(SC)cc2)C1=O. The summed E-state index contributed by atoms with van der Waals surface area (Å²) in [5.74, 6) is 1.26. The Labute approximate surface area is 190 Å². The molecule has 0 radical (unpaired) electrons. The Morgan fingerprint density at radius 1 is 1.23 bits per heavy atom. The minimum atomic E-state index is -0.490. The van der Waals surface area contributed by atoms with E-state index in [1.807, 2.05) is 12.3 Å². The van der Waals surface area contributed by atoms with Gasteiger partial charge in [0, 0.05) is 21.1 Å². The normalized spacial score (nSPS) is 16.3. The van der Waals surface area contributed by atoms with Gasteiger partial charge in [-0.15, -0.1) is 23.5 Å². The molecule has 8 heteroatoms. The summed E-state index contributed by atoms with van der Waals surface area (Å²) in [6, 6.07) is 13.3. The van der Waals surface area contributed by atoms with E-state index in [-0.39, 0.29) is 11.9 Å². The van der Waals surface area contributed by atoms with Crippen molar-refractivity contribution in [1.29, 1.82) is 0 Å². The molecule has 1 aliphatic heterocycles. The fraction of sp³-hybridized carbons (Fsp3) is 0.364. The number of thioether (sulfide) groups is 3. The molecule has 0 unspecified atom stereocenters. The zero-order chi connectivity index (χ0) is 21.5. The molecule has 0 saturated carbocycles. The van der Waals surface area contributed by atoms with E-state index in [9.17, 15) is 9.59 Å². The van der Waals surface area contributed by atoms with E-state index in [1.54, 1.807) is 52.3 Å². The van der Waals surface area contributed by atoms with Gasteiger partial charge in [0.05, 0.1) is 18.3 Å². The number of primary amides is 1. The Morgan fingerprint density at radius 3 is 2.67 bits per heavy atom. The summed E-state index contributed by atoms with van der Waals surface area (Å²) in [5, 5.41) is 3.43. The van der Waals surface area contributed by atoms with E-state index in [1.165, 1.54) is 4.90 Å². The topological polar surface area (TPSA) is 75.4 Å². The van der Waals surface area contributed by atoms with Gasteiger partial charge in [0.15, 0.2) is 0 Å². The standard InChI is InChI=1S/C22H27N3O2S3/c1-28-11-3-10-24-18-14-30-20-9-6-16(21(23)26)12-19(20)25(22(18)27)13-15-4-7-17(29-2)8-5-15/h4-9,12,18,24H,3,10-11,13-14H2,1-2H3,(H2,23,26)/t18-/m0/s1. The first kappa shape index (κ1) is 23.1. The molecule has 0 aliphatic carbocycles. The zero-order valence-corrected chi connectivity index (χ0v) is 19.7. The second-order valence-electron chi connectivity index (χ2n) is 6.98. The van der Waals surface area contributed by atoms with Crippen LogP contribution in [0.25, 0.3) is 0 Å². The van der Waals surface area contributed by atoms with Crippen LogP contribution in [0.1, 0.15) is 22.3 Å². The molecule has 0 saturated heterocycles. The van der Waals surface area contributed by atoms with E-state index in [0.717, 1.165) is 34.9 Å². The molecule has 2 amide bonds. The quantitative estimate of drug-likeness (QED) is 0.436. The lowest BCUT2D eigenvalue weighted by molar-refractivity contribution is -0.120. The number of rotatable bonds is 9. The fourth-order valence-corrected chi connectivity index (χ4v) is 5.20. The van der Waals surface area contributed by atoms with Crippen LogP contribution in [0.4, 0.5) is 5.69 Å². The Morgan fingerprint density at radius 2 is 2.00 bits per heavy atom. The number of hydrogen-bond acceptors (Lipinski definition) is 6. The first-order chi connectivity index (χ1) is 14.5. The summed E-state index contributed by atoms with van der Waals surface area (Å²) in [4.78, 5) is 29.2. The summed E-state index contributed by atoms with van der Waals surface area (Å²) < 4.78 is 0. The van der Waals surface area contributed by atoms with Crippen LogP contribution < -0.4 is 16.0 Å². The number of fused-ring (bicyclic) bond motifs is 1. The van der Waals surface area contributed by atoms with Crippen LogP contribution in [0.3, 0.4) is 0 Å². The smallest absolute Gasteiger partial charge is 0.248 e. The molecular weight excluding hydrogens is 434 g/mol. The summed E-state index contributed by atoms with van der Waals surface area (Å²) in [7, 11) is 0. The van der Waals surface area contributed by atoms with Gasteiger partial charge in [0.2, 0.25) is 11.8 Å². The van der Waals surface area contributed by atoms with E-state index in [0.29, 0.717) is 17.9 Å². The second-order valence-corrected chi connectivity index (χ2v) is 9.91. The monoisotopic (exact) mass is 461 g/mol. The molecule has 0 fully saturated rings. The fourth-order valence-electron chi connectivity index (χ4n) is 3.27. The van der Waals surface area contributed by atoms with Crippen molar-refractivity contribution < 1.29 is 9.59 Å². The first-order valence-electron chi connectivity index (χ1n) is 9.76. The Kier molecular flexibility index (Phi) is 8.56. The molecule has 3 N–H and O–H groups in total. The molecule has 1 atom stereocenters. The van der Waals surface area contributed by atoms with Crippen molar-refractivity contribution in [3.05, 3.63) is 53.6 Å². The maximum absolute atomic E-state index is 13.5. The van der Waals surface area contributed by atoms with Crippen LogP contribution >= 0.6 is 35.3 Å². The minimum absolute atomic E-state index is 0.0287. The van der Waals surface area contributed by atoms with Gasteiger partial charge in [-0.05, 0) is 67.1 Å². The van der Waals surface area contributed by atoms with E-state index >= 15 is 0 Å². The van der Waals surface area contributed by atoms with Gasteiger partial charge in [-0.1, -0.05) is 12.1 Å². The molecular formula is C22H27N3O2S3. The molecule has 160 valence electrons. The minimum Gasteiger partial charge on any atom is -0.366 e. The van der Waals surface area contributed by atoms with Crippen LogP contribution in [-0.4, -0.2) is 48.4 Å². The molecule has 1 heterocycles. The van der Waals surface area contributed by atoms with Crippen molar-refractivity contribution in [2.75, 3.05) is 35.5 Å². The number of benzene rings is 2. The maximum atomic E-state index is 13.5. The van der Waals surface area contributed by atoms with Gasteiger partial charge in [0.25, 0.3) is 0 Å². The lowest BCUT2D eigenvalue weighted by Gasteiger charge is -2.26. The van der Waals surface area contributed by atoms with Gasteiger partial charge in [-0.2, -0.15) is 11.8 Å². The highest BCUT2D eigenvalue weighted by atomic mass is 32.2.